The highest BCUT2D eigenvalue weighted by molar-refractivity contribution is 5.69. The molecule has 0 saturated carbocycles. The van der Waals surface area contributed by atoms with Gasteiger partial charge in [-0.1, -0.05) is 36.8 Å². The molecule has 0 bridgehead atoms. The van der Waals surface area contributed by atoms with Crippen molar-refractivity contribution in [2.24, 2.45) is 0 Å². The van der Waals surface area contributed by atoms with Gasteiger partial charge in [0.25, 0.3) is 6.08 Å². The second-order valence-corrected chi connectivity index (χ2v) is 6.41. The zero-order chi connectivity index (χ0) is 20.7. The first-order valence-corrected chi connectivity index (χ1v) is 9.70. The van der Waals surface area contributed by atoms with E-state index in [2.05, 4.69) is 0 Å². The van der Waals surface area contributed by atoms with Gasteiger partial charge in [0.15, 0.2) is 0 Å². The summed E-state index contributed by atoms with van der Waals surface area (Å²) in [4.78, 5) is 11.6. The number of allylic oxidation sites excluding steroid dienone is 1. The molecule has 0 N–H and O–H groups in total. The number of carbonyl (C=O) groups is 1. The fourth-order valence-electron chi connectivity index (χ4n) is 2.56. The maximum Gasteiger partial charge on any atom is 0.305 e. The van der Waals surface area contributed by atoms with Crippen LogP contribution in [0.2, 0.25) is 0 Å². The molecule has 0 spiro atoms. The Morgan fingerprint density at radius 2 is 1.52 bits per heavy atom. The molecule has 0 aliphatic heterocycles. The molecule has 2 aromatic carbocycles. The van der Waals surface area contributed by atoms with Gasteiger partial charge in [0.2, 0.25) is 0 Å². The molecule has 2 aromatic rings. The molecular weight excluding hydrogens is 378 g/mol. The highest BCUT2D eigenvalue weighted by atomic mass is 19.3. The molecule has 0 saturated heterocycles. The third kappa shape index (κ3) is 10.3. The van der Waals surface area contributed by atoms with Crippen LogP contribution in [0.15, 0.2) is 66.8 Å². The third-order valence-corrected chi connectivity index (χ3v) is 4.07. The predicted molar refractivity (Wildman–Crippen MR) is 107 cm³/mol. The summed E-state index contributed by atoms with van der Waals surface area (Å²) in [7, 11) is 0. The van der Waals surface area contributed by atoms with E-state index in [0.29, 0.717) is 38.0 Å². The van der Waals surface area contributed by atoms with Crippen LogP contribution in [0, 0.1) is 0 Å². The number of esters is 1. The van der Waals surface area contributed by atoms with Crippen molar-refractivity contribution in [3.05, 3.63) is 72.3 Å². The van der Waals surface area contributed by atoms with Crippen LogP contribution in [0.25, 0.3) is 0 Å². The van der Waals surface area contributed by atoms with Gasteiger partial charge in [-0.15, -0.1) is 0 Å². The summed E-state index contributed by atoms with van der Waals surface area (Å²) in [6, 6.07) is 17.2. The van der Waals surface area contributed by atoms with Crippen LogP contribution in [-0.2, 0) is 16.1 Å². The third-order valence-electron chi connectivity index (χ3n) is 4.07. The van der Waals surface area contributed by atoms with Crippen molar-refractivity contribution in [1.82, 2.24) is 0 Å². The minimum atomic E-state index is -1.65. The highest BCUT2D eigenvalue weighted by Crippen LogP contribution is 2.18. The molecule has 0 heterocycles. The molecule has 4 nitrogen and oxygen atoms in total. The molecule has 0 aliphatic rings. The van der Waals surface area contributed by atoms with Gasteiger partial charge in [0.05, 0.1) is 0 Å². The molecule has 6 heteroatoms. The smallest absolute Gasteiger partial charge is 0.305 e. The molecule has 29 heavy (non-hydrogen) atoms. The summed E-state index contributed by atoms with van der Waals surface area (Å²) >= 11 is 0. The monoisotopic (exact) mass is 404 g/mol. The lowest BCUT2D eigenvalue weighted by atomic mass is 10.1. The Labute approximate surface area is 170 Å². The van der Waals surface area contributed by atoms with Gasteiger partial charge in [-0.2, -0.15) is 8.78 Å². The zero-order valence-electron chi connectivity index (χ0n) is 16.3. The Morgan fingerprint density at radius 3 is 2.21 bits per heavy atom. The molecule has 2 rings (SSSR count). The summed E-state index contributed by atoms with van der Waals surface area (Å²) in [6.07, 6.45) is 1.85. The zero-order valence-corrected chi connectivity index (χ0v) is 16.3. The van der Waals surface area contributed by atoms with E-state index in [9.17, 15) is 13.6 Å². The first kappa shape index (κ1) is 22.4. The maximum atomic E-state index is 11.9. The lowest BCUT2D eigenvalue weighted by Gasteiger charge is -2.09. The Morgan fingerprint density at radius 1 is 0.828 bits per heavy atom. The first-order chi connectivity index (χ1) is 14.1. The molecule has 156 valence electrons. The number of unbranched alkanes of at least 4 members (excludes halogenated alkanes) is 3. The van der Waals surface area contributed by atoms with Crippen LogP contribution in [0.5, 0.6) is 11.5 Å². The number of carbonyl (C=O) groups excluding carboxylic acids is 1. The van der Waals surface area contributed by atoms with Crippen LogP contribution in [-0.4, -0.2) is 19.2 Å². The number of hydrogen-bond donors (Lipinski definition) is 0. The summed E-state index contributed by atoms with van der Waals surface area (Å²) in [5.41, 5.74) is 1.10. The van der Waals surface area contributed by atoms with Crippen LogP contribution in [0.1, 0.15) is 37.7 Å². The fraction of sp³-hybridized carbons (Fsp3) is 0.348. The average molecular weight is 404 g/mol. The minimum absolute atomic E-state index is 0.168. The van der Waals surface area contributed by atoms with E-state index >= 15 is 0 Å². The maximum absolute atomic E-state index is 11.9. The molecule has 0 radical (unpaired) electrons. The van der Waals surface area contributed by atoms with E-state index in [-0.39, 0.29) is 25.6 Å². The van der Waals surface area contributed by atoms with Crippen molar-refractivity contribution in [3.63, 3.8) is 0 Å². The number of benzene rings is 2. The van der Waals surface area contributed by atoms with E-state index < -0.39 is 6.08 Å². The summed E-state index contributed by atoms with van der Waals surface area (Å²) in [5.74, 6) is 1.11. The number of ether oxygens (including phenoxy) is 3. The van der Waals surface area contributed by atoms with Crippen molar-refractivity contribution < 1.29 is 27.8 Å². The molecule has 0 fully saturated rings. The van der Waals surface area contributed by atoms with Gasteiger partial charge in [0, 0.05) is 6.42 Å². The Hall–Kier alpha value is -2.89. The molecular formula is C23H26F2O4. The van der Waals surface area contributed by atoms with Gasteiger partial charge in [-0.3, -0.25) is 4.79 Å². The highest BCUT2D eigenvalue weighted by Gasteiger charge is 2.03. The van der Waals surface area contributed by atoms with Crippen molar-refractivity contribution in [2.75, 3.05) is 13.2 Å². The van der Waals surface area contributed by atoms with Gasteiger partial charge in [0.1, 0.15) is 31.3 Å². The van der Waals surface area contributed by atoms with Crippen LogP contribution in [0.4, 0.5) is 8.78 Å². The van der Waals surface area contributed by atoms with E-state index in [4.69, 9.17) is 14.2 Å². The minimum Gasteiger partial charge on any atom is -0.490 e. The molecule has 0 atom stereocenters. The van der Waals surface area contributed by atoms with Gasteiger partial charge in [-0.05, 0) is 55.2 Å². The van der Waals surface area contributed by atoms with Crippen molar-refractivity contribution in [1.29, 1.82) is 0 Å². The molecule has 0 amide bonds. The average Bonchev–Trinajstić information content (AvgIpc) is 2.73. The molecule has 0 aliphatic carbocycles. The summed E-state index contributed by atoms with van der Waals surface area (Å²) < 4.78 is 40.1. The summed E-state index contributed by atoms with van der Waals surface area (Å²) in [5, 5.41) is 0. The van der Waals surface area contributed by atoms with E-state index in [1.165, 1.54) is 0 Å². The van der Waals surface area contributed by atoms with E-state index in [0.717, 1.165) is 17.4 Å². The first-order valence-electron chi connectivity index (χ1n) is 9.70. The predicted octanol–water partition coefficient (Wildman–Crippen LogP) is 5.92. The van der Waals surface area contributed by atoms with Gasteiger partial charge in [-0.25, -0.2) is 0 Å². The van der Waals surface area contributed by atoms with Gasteiger partial charge < -0.3 is 14.2 Å². The largest absolute Gasteiger partial charge is 0.490 e. The topological polar surface area (TPSA) is 44.8 Å². The normalized spacial score (nSPS) is 10.3. The van der Waals surface area contributed by atoms with Crippen LogP contribution in [0.3, 0.4) is 0 Å². The fourth-order valence-corrected chi connectivity index (χ4v) is 2.56. The van der Waals surface area contributed by atoms with Crippen molar-refractivity contribution >= 4 is 5.97 Å². The quantitative estimate of drug-likeness (QED) is 0.307. The standard InChI is InChI=1S/C23H26F2O4/c24-22(25)10-6-1-2-7-11-23(26)28-17-16-27-20-12-14-21(15-13-20)29-18-19-8-4-3-5-9-19/h3-5,8-10,12-15H,1-2,6-7,11,16-18H2. The number of rotatable bonds is 13. The molecule has 0 aromatic heterocycles. The Kier molecular flexibility index (Phi) is 10.3. The van der Waals surface area contributed by atoms with Crippen LogP contribution >= 0.6 is 0 Å². The van der Waals surface area contributed by atoms with Crippen molar-refractivity contribution in [2.45, 2.75) is 38.7 Å². The molecule has 0 unspecified atom stereocenters. The lowest BCUT2D eigenvalue weighted by molar-refractivity contribution is -0.144. The Balaban J connectivity index is 1.53. The lowest BCUT2D eigenvalue weighted by Crippen LogP contribution is -2.12. The van der Waals surface area contributed by atoms with Crippen LogP contribution < -0.4 is 9.47 Å². The second kappa shape index (κ2) is 13.3. The number of halogens is 2. The van der Waals surface area contributed by atoms with E-state index in [1.54, 1.807) is 12.1 Å². The van der Waals surface area contributed by atoms with Crippen molar-refractivity contribution in [3.8, 4) is 11.5 Å². The SMILES string of the molecule is O=C(CCCCCC=C(F)F)OCCOc1ccc(OCc2ccccc2)cc1. The number of hydrogen-bond acceptors (Lipinski definition) is 4. The van der Waals surface area contributed by atoms with E-state index in [1.807, 2.05) is 42.5 Å². The summed E-state index contributed by atoms with van der Waals surface area (Å²) in [6.45, 7) is 0.928. The second-order valence-electron chi connectivity index (χ2n) is 6.41. The Bertz CT molecular complexity index is 741. The van der Waals surface area contributed by atoms with Gasteiger partial charge >= 0.3 is 5.97 Å².